The smallest absolute Gasteiger partial charge is 0.320 e. The number of aliphatic carboxylic acids is 1. The first-order chi connectivity index (χ1) is 24.4. The molecule has 0 saturated heterocycles. The lowest BCUT2D eigenvalue weighted by Crippen LogP contribution is -2.58. The second kappa shape index (κ2) is 21.8. The Bertz CT molecular complexity index is 1540. The maximum atomic E-state index is 13.6. The molecule has 0 aliphatic rings. The molecule has 12 heteroatoms. The van der Waals surface area contributed by atoms with Gasteiger partial charge in [0.15, 0.2) is 0 Å². The Morgan fingerprint density at radius 2 is 1.41 bits per heavy atom. The number of nitrogens with one attached hydrogen (secondary N) is 5. The van der Waals surface area contributed by atoms with Gasteiger partial charge in [0, 0.05) is 38.6 Å². The van der Waals surface area contributed by atoms with Crippen LogP contribution in [0.3, 0.4) is 0 Å². The summed E-state index contributed by atoms with van der Waals surface area (Å²) in [6.45, 7) is 5.68. The van der Waals surface area contributed by atoms with E-state index in [2.05, 4.69) is 50.8 Å². The minimum atomic E-state index is -1.24. The lowest BCUT2D eigenvalue weighted by molar-refractivity contribution is -0.140. The zero-order valence-electron chi connectivity index (χ0n) is 30.1. The number of hydrogen-bond donors (Lipinski definition) is 8. The second-order valence-corrected chi connectivity index (χ2v) is 13.7. The minimum absolute atomic E-state index is 0.127. The largest absolute Gasteiger partial charge is 0.480 e. The van der Waals surface area contributed by atoms with Gasteiger partial charge in [-0.05, 0) is 66.3 Å². The molecule has 5 atom stereocenters. The lowest BCUT2D eigenvalue weighted by Gasteiger charge is -2.27. The van der Waals surface area contributed by atoms with Gasteiger partial charge in [-0.3, -0.25) is 19.2 Å². The maximum Gasteiger partial charge on any atom is 0.320 e. The summed E-state index contributed by atoms with van der Waals surface area (Å²) >= 11 is 0. The molecule has 0 bridgehead atoms. The van der Waals surface area contributed by atoms with E-state index in [0.29, 0.717) is 51.6 Å². The number of hydrogen-bond acceptors (Lipinski definition) is 8. The van der Waals surface area contributed by atoms with Gasteiger partial charge in [0.1, 0.15) is 12.1 Å². The summed E-state index contributed by atoms with van der Waals surface area (Å²) in [4.78, 5) is 50.3. The maximum absolute atomic E-state index is 13.6. The summed E-state index contributed by atoms with van der Waals surface area (Å²) in [6, 6.07) is 20.2. The molecule has 9 N–H and O–H groups in total. The van der Waals surface area contributed by atoms with Crippen LogP contribution in [0.2, 0.25) is 0 Å². The summed E-state index contributed by atoms with van der Waals surface area (Å²) < 4.78 is 0. The predicted molar refractivity (Wildman–Crippen MR) is 200 cm³/mol. The first kappa shape index (κ1) is 41.1. The topological polar surface area (TPSA) is 195 Å². The van der Waals surface area contributed by atoms with Crippen molar-refractivity contribution >= 4 is 34.5 Å². The van der Waals surface area contributed by atoms with Gasteiger partial charge in [-0.2, -0.15) is 0 Å². The summed E-state index contributed by atoms with van der Waals surface area (Å²) in [7, 11) is 0. The molecule has 278 valence electrons. The number of carboxylic acid groups (broad SMARTS) is 1. The van der Waals surface area contributed by atoms with Crippen molar-refractivity contribution in [3.63, 3.8) is 0 Å². The number of nitrogens with two attached hydrogens (primary N) is 1. The standard InChI is InChI=1S/C39H56N6O6/c1-26(2)19-35(39(50)51)43-24-33(22-28-11-5-4-6-12-28)44-38(49)36(25-46)45-37(48)34(15-9-10-18-41-27(3)47)42-23-32(40)21-29-16-17-30-13-7-8-14-31(30)20-29/h4-8,11-14,16-17,20,26,32-36,42-43,46H,9-10,15,18-19,21-25,40H2,1-3H3,(H,41,47)(H,44,49)(H,45,48)(H,50,51). The van der Waals surface area contributed by atoms with Crippen molar-refractivity contribution in [2.24, 2.45) is 11.7 Å². The van der Waals surface area contributed by atoms with E-state index in [1.807, 2.05) is 62.4 Å². The molecule has 3 aromatic carbocycles. The van der Waals surface area contributed by atoms with Gasteiger partial charge in [0.05, 0.1) is 12.6 Å². The fourth-order valence-electron chi connectivity index (χ4n) is 5.97. The molecule has 0 aromatic heterocycles. The number of aliphatic hydroxyl groups is 1. The SMILES string of the molecule is CC(=O)NCCCCC(NCC(N)Cc1ccc2ccccc2c1)C(=O)NC(CO)C(=O)NC(CNC(CC(C)C)C(=O)O)Cc1ccccc1. The van der Waals surface area contributed by atoms with Crippen molar-refractivity contribution in [2.45, 2.75) is 89.5 Å². The van der Waals surface area contributed by atoms with Crippen molar-refractivity contribution in [3.05, 3.63) is 83.9 Å². The van der Waals surface area contributed by atoms with Gasteiger partial charge in [0.25, 0.3) is 0 Å². The van der Waals surface area contributed by atoms with E-state index in [-0.39, 0.29) is 24.4 Å². The molecule has 0 saturated carbocycles. The Hall–Kier alpha value is -4.36. The normalized spacial score (nSPS) is 14.3. The number of aliphatic hydroxyl groups excluding tert-OH is 1. The summed E-state index contributed by atoms with van der Waals surface area (Å²) in [5, 5.41) is 37.0. The second-order valence-electron chi connectivity index (χ2n) is 13.7. The predicted octanol–water partition coefficient (Wildman–Crippen LogP) is 2.27. The molecule has 0 aliphatic carbocycles. The Balaban J connectivity index is 1.66. The zero-order valence-corrected chi connectivity index (χ0v) is 30.1. The fraction of sp³-hybridized carbons (Fsp3) is 0.487. The van der Waals surface area contributed by atoms with E-state index in [9.17, 15) is 29.4 Å². The Morgan fingerprint density at radius 1 is 0.745 bits per heavy atom. The molecule has 0 heterocycles. The van der Waals surface area contributed by atoms with E-state index in [0.717, 1.165) is 21.9 Å². The van der Waals surface area contributed by atoms with E-state index >= 15 is 0 Å². The summed E-state index contributed by atoms with van der Waals surface area (Å²) in [5.74, 6) is -1.99. The summed E-state index contributed by atoms with van der Waals surface area (Å²) in [5.41, 5.74) is 8.52. The van der Waals surface area contributed by atoms with Gasteiger partial charge in [-0.15, -0.1) is 0 Å². The van der Waals surface area contributed by atoms with E-state index in [1.165, 1.54) is 6.92 Å². The highest BCUT2D eigenvalue weighted by Crippen LogP contribution is 2.16. The third-order valence-electron chi connectivity index (χ3n) is 8.65. The summed E-state index contributed by atoms with van der Waals surface area (Å²) in [6.07, 6.45) is 3.11. The van der Waals surface area contributed by atoms with Crippen molar-refractivity contribution in [1.29, 1.82) is 0 Å². The van der Waals surface area contributed by atoms with Gasteiger partial charge in [0.2, 0.25) is 17.7 Å². The number of carboxylic acids is 1. The molecular formula is C39H56N6O6. The van der Waals surface area contributed by atoms with Crippen LogP contribution in [0.5, 0.6) is 0 Å². The Labute approximate surface area is 301 Å². The molecule has 51 heavy (non-hydrogen) atoms. The highest BCUT2D eigenvalue weighted by molar-refractivity contribution is 5.90. The average molecular weight is 705 g/mol. The molecule has 3 aromatic rings. The number of benzene rings is 3. The number of fused-ring (bicyclic) bond motifs is 1. The van der Waals surface area contributed by atoms with E-state index in [4.69, 9.17) is 5.73 Å². The van der Waals surface area contributed by atoms with Crippen LogP contribution in [0.15, 0.2) is 72.8 Å². The lowest BCUT2D eigenvalue weighted by atomic mass is 10.0. The zero-order chi connectivity index (χ0) is 37.2. The average Bonchev–Trinajstić information content (AvgIpc) is 3.09. The number of amides is 3. The molecule has 12 nitrogen and oxygen atoms in total. The first-order valence-electron chi connectivity index (χ1n) is 17.9. The minimum Gasteiger partial charge on any atom is -0.480 e. The fourth-order valence-corrected chi connectivity index (χ4v) is 5.97. The monoisotopic (exact) mass is 704 g/mol. The van der Waals surface area contributed by atoms with Crippen LogP contribution in [0.4, 0.5) is 0 Å². The van der Waals surface area contributed by atoms with Crippen molar-refractivity contribution < 1.29 is 29.4 Å². The number of rotatable bonds is 23. The van der Waals surface area contributed by atoms with Crippen LogP contribution in [0.25, 0.3) is 10.8 Å². The van der Waals surface area contributed by atoms with Crippen molar-refractivity contribution in [1.82, 2.24) is 26.6 Å². The molecule has 5 unspecified atom stereocenters. The first-order valence-corrected chi connectivity index (χ1v) is 17.9. The van der Waals surface area contributed by atoms with Crippen LogP contribution >= 0.6 is 0 Å². The molecule has 3 amide bonds. The van der Waals surface area contributed by atoms with E-state index in [1.54, 1.807) is 0 Å². The number of unbranched alkanes of at least 4 members (excludes halogenated alkanes) is 1. The highest BCUT2D eigenvalue weighted by atomic mass is 16.4. The van der Waals surface area contributed by atoms with Crippen LogP contribution in [0.1, 0.15) is 57.6 Å². The van der Waals surface area contributed by atoms with Crippen LogP contribution in [-0.2, 0) is 32.0 Å². The highest BCUT2D eigenvalue weighted by Gasteiger charge is 2.28. The molecule has 3 rings (SSSR count). The molecule has 0 aliphatic heterocycles. The van der Waals surface area contributed by atoms with Gasteiger partial charge < -0.3 is 42.5 Å². The Morgan fingerprint density at radius 3 is 2.08 bits per heavy atom. The molecule has 0 radical (unpaired) electrons. The van der Waals surface area contributed by atoms with Crippen LogP contribution < -0.4 is 32.3 Å². The number of carbonyl (C=O) groups is 4. The van der Waals surface area contributed by atoms with E-state index < -0.39 is 48.6 Å². The molecular weight excluding hydrogens is 648 g/mol. The third kappa shape index (κ3) is 15.2. The molecule has 0 fully saturated rings. The van der Waals surface area contributed by atoms with Gasteiger partial charge >= 0.3 is 5.97 Å². The van der Waals surface area contributed by atoms with Crippen molar-refractivity contribution in [2.75, 3.05) is 26.2 Å². The Kier molecular flexibility index (Phi) is 17.5. The van der Waals surface area contributed by atoms with Gasteiger partial charge in [-0.25, -0.2) is 0 Å². The molecule has 0 spiro atoms. The van der Waals surface area contributed by atoms with Crippen molar-refractivity contribution in [3.8, 4) is 0 Å². The quantitative estimate of drug-likeness (QED) is 0.0684. The van der Waals surface area contributed by atoms with Crippen LogP contribution in [0, 0.1) is 5.92 Å². The van der Waals surface area contributed by atoms with Gasteiger partial charge in [-0.1, -0.05) is 86.6 Å². The van der Waals surface area contributed by atoms with Crippen LogP contribution in [-0.4, -0.2) is 90.4 Å². The third-order valence-corrected chi connectivity index (χ3v) is 8.65. The number of carbonyl (C=O) groups excluding carboxylic acids is 3.